The molecule has 0 spiro atoms. The van der Waals surface area contributed by atoms with Crippen molar-refractivity contribution < 1.29 is 81.5 Å². The molecule has 3 atom stereocenters. The number of aryl methyl sites for hydroxylation is 1. The summed E-state index contributed by atoms with van der Waals surface area (Å²) in [6.07, 6.45) is 6.38. The molecular formula is C71H92ClN15O17. The molecule has 8 rings (SSSR count). The molecule has 8 N–H and O–H groups in total. The zero-order valence-corrected chi connectivity index (χ0v) is 60.6. The van der Waals surface area contributed by atoms with Crippen LogP contribution in [0.3, 0.4) is 0 Å². The van der Waals surface area contributed by atoms with Crippen LogP contribution < -0.4 is 42.0 Å². The Morgan fingerprint density at radius 1 is 0.808 bits per heavy atom. The number of alkyl halides is 1. The second kappa shape index (κ2) is 36.7. The van der Waals surface area contributed by atoms with E-state index in [0.717, 1.165) is 40.0 Å². The number of ether oxygens (including phenoxy) is 6. The van der Waals surface area contributed by atoms with Crippen LogP contribution >= 0.6 is 11.6 Å². The van der Waals surface area contributed by atoms with Gasteiger partial charge in [-0.15, -0.1) is 16.7 Å². The molecular weight excluding hydrogens is 1370 g/mol. The molecule has 104 heavy (non-hydrogen) atoms. The highest BCUT2D eigenvalue weighted by atomic mass is 35.5. The fraction of sp³-hybridized carbons (Fsp3) is 0.479. The SMILES string of the molecule is CCC(C)(C)OCCC(C)(C)n1cc(C(=O)Nc2ccc3nc(C(=O)N4CC(CCl)c5c4cc(OC(=O)N(CCOCCO)CCN(C)C(=O)OCc4ccc(NC(=O)C(CCCNC(N)=O)NC(=O)C(NC(=O)OCCOCCN6C(=O)C=CC6=O)C(C)C)cc4)c4cccc(C)c54)cn3c2)nn1. The van der Waals surface area contributed by atoms with Crippen LogP contribution in [0.15, 0.2) is 91.4 Å². The highest BCUT2D eigenvalue weighted by Crippen LogP contribution is 2.47. The third-order valence-electron chi connectivity index (χ3n) is 17.7. The number of aliphatic hydroxyl groups is 1. The minimum Gasteiger partial charge on any atom is -0.447 e. The number of aromatic nitrogens is 5. The molecule has 6 aromatic rings. The summed E-state index contributed by atoms with van der Waals surface area (Å²) in [5.74, 6) is -3.69. The number of hydrogen-bond acceptors (Lipinski definition) is 20. The molecule has 11 amide bonds. The van der Waals surface area contributed by atoms with E-state index in [1.54, 1.807) is 88.9 Å². The maximum absolute atomic E-state index is 14.8. The largest absolute Gasteiger partial charge is 0.447 e. The van der Waals surface area contributed by atoms with E-state index in [9.17, 15) is 53.1 Å². The van der Waals surface area contributed by atoms with Gasteiger partial charge in [-0.3, -0.25) is 33.7 Å². The van der Waals surface area contributed by atoms with Gasteiger partial charge in [-0.2, -0.15) is 0 Å². The monoisotopic (exact) mass is 1460 g/mol. The number of rotatable bonds is 37. The van der Waals surface area contributed by atoms with Crippen molar-refractivity contribution in [2.75, 3.05) is 114 Å². The van der Waals surface area contributed by atoms with Crippen molar-refractivity contribution in [3.05, 3.63) is 119 Å². The third-order valence-corrected chi connectivity index (χ3v) is 18.0. The number of fused-ring (bicyclic) bond motifs is 4. The zero-order valence-electron chi connectivity index (χ0n) is 59.9. The van der Waals surface area contributed by atoms with E-state index in [0.29, 0.717) is 46.7 Å². The highest BCUT2D eigenvalue weighted by Gasteiger charge is 2.38. The molecule has 3 aromatic carbocycles. The molecule has 0 bridgehead atoms. The number of amides is 11. The number of pyridine rings is 1. The quantitative estimate of drug-likeness (QED) is 0.0123. The van der Waals surface area contributed by atoms with E-state index >= 15 is 0 Å². The first kappa shape index (κ1) is 79.4. The fourth-order valence-electron chi connectivity index (χ4n) is 11.2. The van der Waals surface area contributed by atoms with Crippen LogP contribution in [0.1, 0.15) is 118 Å². The van der Waals surface area contributed by atoms with E-state index in [1.165, 1.54) is 16.8 Å². The van der Waals surface area contributed by atoms with Crippen molar-refractivity contribution in [2.45, 2.75) is 117 Å². The summed E-state index contributed by atoms with van der Waals surface area (Å²) in [6.45, 7) is 15.3. The molecule has 0 aliphatic carbocycles. The molecule has 32 nitrogen and oxygen atoms in total. The highest BCUT2D eigenvalue weighted by molar-refractivity contribution is 6.19. The van der Waals surface area contributed by atoms with Crippen LogP contribution in [-0.4, -0.2) is 220 Å². The summed E-state index contributed by atoms with van der Waals surface area (Å²) in [7, 11) is 1.49. The van der Waals surface area contributed by atoms with Crippen LogP contribution in [0, 0.1) is 12.8 Å². The lowest BCUT2D eigenvalue weighted by molar-refractivity contribution is -0.137. The number of alkyl carbamates (subject to hydrolysis) is 1. The standard InChI is InChI=1S/C71H92ClN15O17/c1-10-71(7,8)103-31-24-70(5,6)87-42-52(80-81-87)63(92)76-49-20-21-56-77-53(41-84(56)40-49)65(94)86-39-47(38-72)60-54(86)37-55(50-14-11-13-45(4)59(50)60)104-69(98)83(28-32-99-34-30-88)27-26-82(9)68(97)102-43-46-16-18-48(19-17-46)75-62(91)51(15-12-25-74-66(73)95)78-64(93)61(44(2)3)79-67(96)101-36-35-100-33-29-85-57(89)22-23-58(85)90/h11,13-14,16-23,37,40-42,44,47,51,61,88H,10,12,15,24-36,38-39,43H2,1-9H3,(H,75,91)(H,76,92)(H,78,93)(H,79,96)(H3,73,74,95). The van der Waals surface area contributed by atoms with Crippen molar-refractivity contribution in [3.8, 4) is 5.75 Å². The number of imide groups is 1. The number of nitrogens with one attached hydrogen (secondary N) is 5. The van der Waals surface area contributed by atoms with Gasteiger partial charge in [-0.05, 0) is 113 Å². The molecule has 3 unspecified atom stereocenters. The number of carbonyl (C=O) groups excluding carboxylic acids is 10. The van der Waals surface area contributed by atoms with Gasteiger partial charge >= 0.3 is 24.3 Å². The first-order valence-corrected chi connectivity index (χ1v) is 34.8. The Balaban J connectivity index is 0.871. The van der Waals surface area contributed by atoms with Crippen molar-refractivity contribution in [2.24, 2.45) is 11.7 Å². The second-order valence-corrected chi connectivity index (χ2v) is 26.8. The fourth-order valence-corrected chi connectivity index (χ4v) is 11.5. The van der Waals surface area contributed by atoms with Gasteiger partial charge in [0.15, 0.2) is 5.69 Å². The van der Waals surface area contributed by atoms with E-state index in [4.69, 9.17) is 45.8 Å². The van der Waals surface area contributed by atoms with Gasteiger partial charge in [0.25, 0.3) is 23.6 Å². The lowest BCUT2D eigenvalue weighted by atomic mass is 9.92. The van der Waals surface area contributed by atoms with Gasteiger partial charge in [0.1, 0.15) is 42.4 Å². The topological polar surface area (TPSA) is 393 Å². The average molecular weight is 1460 g/mol. The summed E-state index contributed by atoms with van der Waals surface area (Å²) in [5, 5.41) is 32.5. The molecule has 2 aliphatic rings. The summed E-state index contributed by atoms with van der Waals surface area (Å²) in [4.78, 5) is 141. The van der Waals surface area contributed by atoms with E-state index < -0.39 is 83.3 Å². The molecule has 0 radical (unpaired) electrons. The Kier molecular flexibility index (Phi) is 28.1. The molecule has 560 valence electrons. The number of nitrogens with zero attached hydrogens (tertiary/aromatic N) is 9. The molecule has 33 heteroatoms. The average Bonchev–Trinajstić information content (AvgIpc) is 1.54. The summed E-state index contributed by atoms with van der Waals surface area (Å²) >= 11 is 6.70. The van der Waals surface area contributed by atoms with Gasteiger partial charge in [-0.1, -0.05) is 56.3 Å². The predicted molar refractivity (Wildman–Crippen MR) is 383 cm³/mol. The Hall–Kier alpha value is -10.3. The van der Waals surface area contributed by atoms with Crippen LogP contribution in [0.25, 0.3) is 16.4 Å². The lowest BCUT2D eigenvalue weighted by Gasteiger charge is -2.28. The van der Waals surface area contributed by atoms with Crippen LogP contribution in [0.4, 0.5) is 36.2 Å². The maximum atomic E-state index is 14.8. The number of urea groups is 1. The second-order valence-electron chi connectivity index (χ2n) is 26.5. The van der Waals surface area contributed by atoms with Crippen LogP contribution in [0.2, 0.25) is 0 Å². The van der Waals surface area contributed by atoms with E-state index in [2.05, 4.69) is 48.8 Å². The molecule has 5 heterocycles. The van der Waals surface area contributed by atoms with Crippen molar-refractivity contribution in [1.82, 2.24) is 55.0 Å². The normalized spacial score (nSPS) is 14.1. The molecule has 0 saturated heterocycles. The van der Waals surface area contributed by atoms with Gasteiger partial charge in [0, 0.05) is 99.9 Å². The number of carbonyl (C=O) groups is 10. The Morgan fingerprint density at radius 3 is 2.24 bits per heavy atom. The predicted octanol–water partition coefficient (Wildman–Crippen LogP) is 6.60. The van der Waals surface area contributed by atoms with E-state index in [1.807, 2.05) is 52.8 Å². The third kappa shape index (κ3) is 21.4. The molecule has 0 fully saturated rings. The van der Waals surface area contributed by atoms with Gasteiger partial charge in [-0.25, -0.2) is 28.8 Å². The van der Waals surface area contributed by atoms with Gasteiger partial charge in [0.2, 0.25) is 11.8 Å². The van der Waals surface area contributed by atoms with E-state index in [-0.39, 0.29) is 133 Å². The summed E-state index contributed by atoms with van der Waals surface area (Å²) in [6, 6.07) is 13.8. The number of primary amides is 1. The maximum Gasteiger partial charge on any atom is 0.415 e. The number of anilines is 3. The zero-order chi connectivity index (χ0) is 75.4. The summed E-state index contributed by atoms with van der Waals surface area (Å²) < 4.78 is 37.4. The van der Waals surface area contributed by atoms with Crippen LogP contribution in [0.5, 0.6) is 5.75 Å². The lowest BCUT2D eigenvalue weighted by Crippen LogP contribution is -2.54. The number of halogens is 1. The number of likely N-dealkylation sites (N-methyl/N-ethyl adjacent to an activating group) is 1. The first-order chi connectivity index (χ1) is 49.6. The summed E-state index contributed by atoms with van der Waals surface area (Å²) in [5.41, 5.74) is 8.45. The minimum absolute atomic E-state index is 0.00103. The molecule has 3 aromatic heterocycles. The van der Waals surface area contributed by atoms with Crippen molar-refractivity contribution >= 4 is 105 Å². The molecule has 2 aliphatic heterocycles. The Bertz CT molecular complexity index is 4090. The van der Waals surface area contributed by atoms with Crippen molar-refractivity contribution in [3.63, 3.8) is 0 Å². The number of hydrogen-bond donors (Lipinski definition) is 7. The number of aliphatic hydroxyl groups excluding tert-OH is 1. The van der Waals surface area contributed by atoms with Crippen LogP contribution in [-0.2, 0) is 55.0 Å². The number of benzene rings is 3. The Morgan fingerprint density at radius 2 is 1.54 bits per heavy atom. The first-order valence-electron chi connectivity index (χ1n) is 34.2. The Labute approximate surface area is 606 Å². The van der Waals surface area contributed by atoms with Gasteiger partial charge in [0.05, 0.1) is 68.3 Å². The smallest absolute Gasteiger partial charge is 0.415 e. The minimum atomic E-state index is -1.16. The number of nitrogens with two attached hydrogens (primary N) is 1. The molecule has 0 saturated carbocycles. The van der Waals surface area contributed by atoms with Gasteiger partial charge < -0.3 is 84.9 Å². The van der Waals surface area contributed by atoms with Crippen molar-refractivity contribution in [1.29, 1.82) is 0 Å². The number of imidazole rings is 1.